The summed E-state index contributed by atoms with van der Waals surface area (Å²) in [6.45, 7) is 2.96. The smallest absolute Gasteiger partial charge is 0.138 e. The molecular formula is C11H16N6. The Hall–Kier alpha value is -1.82. The second-order valence-corrected chi connectivity index (χ2v) is 3.75. The molecule has 0 saturated carbocycles. The van der Waals surface area contributed by atoms with Gasteiger partial charge < -0.3 is 5.32 Å². The van der Waals surface area contributed by atoms with Crippen LogP contribution in [-0.2, 0) is 13.5 Å². The van der Waals surface area contributed by atoms with Gasteiger partial charge in [-0.3, -0.25) is 4.68 Å². The minimum absolute atomic E-state index is 0.144. The molecule has 0 saturated heterocycles. The maximum Gasteiger partial charge on any atom is 0.138 e. The third kappa shape index (κ3) is 2.85. The van der Waals surface area contributed by atoms with Crippen LogP contribution >= 0.6 is 0 Å². The predicted octanol–water partition coefficient (Wildman–Crippen LogP) is 0.498. The van der Waals surface area contributed by atoms with E-state index in [4.69, 9.17) is 0 Å². The highest BCUT2D eigenvalue weighted by atomic mass is 15.3. The van der Waals surface area contributed by atoms with Gasteiger partial charge in [-0.05, 0) is 12.6 Å². The minimum Gasteiger partial charge on any atom is -0.309 e. The van der Waals surface area contributed by atoms with Crippen molar-refractivity contribution in [2.24, 2.45) is 7.05 Å². The lowest BCUT2D eigenvalue weighted by Crippen LogP contribution is -2.25. The molecule has 6 heteroatoms. The van der Waals surface area contributed by atoms with Crippen LogP contribution in [0.25, 0.3) is 0 Å². The van der Waals surface area contributed by atoms with Gasteiger partial charge in [0.15, 0.2) is 0 Å². The molecule has 0 radical (unpaired) electrons. The summed E-state index contributed by atoms with van der Waals surface area (Å²) < 4.78 is 1.78. The van der Waals surface area contributed by atoms with Crippen LogP contribution in [0.1, 0.15) is 24.5 Å². The van der Waals surface area contributed by atoms with Gasteiger partial charge in [-0.1, -0.05) is 6.92 Å². The lowest BCUT2D eigenvalue weighted by atomic mass is 10.1. The zero-order chi connectivity index (χ0) is 12.1. The van der Waals surface area contributed by atoms with Crippen molar-refractivity contribution < 1.29 is 0 Å². The molecule has 1 atom stereocenters. The van der Waals surface area contributed by atoms with Crippen LogP contribution in [0.5, 0.6) is 0 Å². The van der Waals surface area contributed by atoms with Crippen LogP contribution in [-0.4, -0.2) is 31.3 Å². The molecule has 0 aromatic carbocycles. The van der Waals surface area contributed by atoms with Gasteiger partial charge in [0.05, 0.1) is 11.7 Å². The number of nitrogens with zero attached hydrogens (tertiary/aromatic N) is 5. The van der Waals surface area contributed by atoms with E-state index in [9.17, 15) is 0 Å². The van der Waals surface area contributed by atoms with Gasteiger partial charge in [-0.15, -0.1) is 0 Å². The van der Waals surface area contributed by atoms with E-state index in [-0.39, 0.29) is 6.04 Å². The summed E-state index contributed by atoms with van der Waals surface area (Å²) >= 11 is 0. The first-order valence-electron chi connectivity index (χ1n) is 5.63. The zero-order valence-electron chi connectivity index (χ0n) is 10.0. The second kappa shape index (κ2) is 5.49. The molecule has 2 aromatic rings. The quantitative estimate of drug-likeness (QED) is 0.813. The minimum atomic E-state index is 0.144. The first-order valence-corrected chi connectivity index (χ1v) is 5.63. The molecule has 17 heavy (non-hydrogen) atoms. The van der Waals surface area contributed by atoms with E-state index in [1.54, 1.807) is 23.5 Å². The summed E-state index contributed by atoms with van der Waals surface area (Å²) in [5, 5.41) is 7.46. The van der Waals surface area contributed by atoms with Gasteiger partial charge >= 0.3 is 0 Å². The molecule has 2 heterocycles. The van der Waals surface area contributed by atoms with E-state index in [0.717, 1.165) is 24.5 Å². The highest BCUT2D eigenvalue weighted by Crippen LogP contribution is 2.13. The predicted molar refractivity (Wildman–Crippen MR) is 63.2 cm³/mol. The van der Waals surface area contributed by atoms with Crippen molar-refractivity contribution in [3.05, 3.63) is 36.4 Å². The molecule has 0 spiro atoms. The Kier molecular flexibility index (Phi) is 3.77. The summed E-state index contributed by atoms with van der Waals surface area (Å²) in [5.41, 5.74) is 0.977. The summed E-state index contributed by atoms with van der Waals surface area (Å²) in [7, 11) is 1.89. The average molecular weight is 232 g/mol. The topological polar surface area (TPSA) is 68.5 Å². The Labute approximate surface area is 100 Å². The summed E-state index contributed by atoms with van der Waals surface area (Å²) in [6.07, 6.45) is 5.65. The SMILES string of the molecule is CCNC(Cc1ncnn1C)c1ccncn1. The second-order valence-electron chi connectivity index (χ2n) is 3.75. The van der Waals surface area contributed by atoms with E-state index in [2.05, 4.69) is 32.3 Å². The maximum absolute atomic E-state index is 4.28. The molecule has 0 bridgehead atoms. The molecule has 0 fully saturated rings. The van der Waals surface area contributed by atoms with Gasteiger partial charge in [0.25, 0.3) is 0 Å². The van der Waals surface area contributed by atoms with Crippen molar-refractivity contribution >= 4 is 0 Å². The van der Waals surface area contributed by atoms with Crippen LogP contribution in [0.15, 0.2) is 24.9 Å². The first kappa shape index (κ1) is 11.7. The van der Waals surface area contributed by atoms with Gasteiger partial charge in [0.2, 0.25) is 0 Å². The number of hydrogen-bond donors (Lipinski definition) is 1. The molecule has 2 aromatic heterocycles. The summed E-state index contributed by atoms with van der Waals surface area (Å²) in [5.74, 6) is 0.939. The van der Waals surface area contributed by atoms with Crippen LogP contribution in [0.3, 0.4) is 0 Å². The molecule has 0 aliphatic heterocycles. The first-order chi connectivity index (χ1) is 8.31. The van der Waals surface area contributed by atoms with Gasteiger partial charge in [-0.2, -0.15) is 5.10 Å². The Morgan fingerprint density at radius 1 is 1.35 bits per heavy atom. The van der Waals surface area contributed by atoms with E-state index in [1.165, 1.54) is 0 Å². The van der Waals surface area contributed by atoms with Crippen molar-refractivity contribution in [1.82, 2.24) is 30.0 Å². The number of aromatic nitrogens is 5. The number of nitrogens with one attached hydrogen (secondary N) is 1. The Morgan fingerprint density at radius 2 is 2.24 bits per heavy atom. The standard InChI is InChI=1S/C11H16N6/c1-3-13-10(9-4-5-12-7-14-9)6-11-15-8-16-17(11)2/h4-5,7-8,10,13H,3,6H2,1-2H3. The largest absolute Gasteiger partial charge is 0.309 e. The van der Waals surface area contributed by atoms with E-state index in [1.807, 2.05) is 13.1 Å². The molecule has 0 aliphatic rings. The summed E-state index contributed by atoms with van der Waals surface area (Å²) in [6, 6.07) is 2.06. The molecule has 90 valence electrons. The van der Waals surface area contributed by atoms with Crippen molar-refractivity contribution in [3.8, 4) is 0 Å². The van der Waals surface area contributed by atoms with Crippen molar-refractivity contribution in [2.75, 3.05) is 6.54 Å². The van der Waals surface area contributed by atoms with Crippen molar-refractivity contribution in [2.45, 2.75) is 19.4 Å². The van der Waals surface area contributed by atoms with Gasteiger partial charge in [-0.25, -0.2) is 15.0 Å². The lowest BCUT2D eigenvalue weighted by molar-refractivity contribution is 0.510. The average Bonchev–Trinajstić information content (AvgIpc) is 2.76. The summed E-state index contributed by atoms with van der Waals surface area (Å²) in [4.78, 5) is 12.4. The van der Waals surface area contributed by atoms with E-state index < -0.39 is 0 Å². The number of rotatable bonds is 5. The number of aryl methyl sites for hydroxylation is 1. The van der Waals surface area contributed by atoms with Crippen LogP contribution in [0.4, 0.5) is 0 Å². The van der Waals surface area contributed by atoms with Gasteiger partial charge in [0.1, 0.15) is 18.5 Å². The fraction of sp³-hybridized carbons (Fsp3) is 0.455. The fourth-order valence-electron chi connectivity index (χ4n) is 1.72. The van der Waals surface area contributed by atoms with E-state index in [0.29, 0.717) is 0 Å². The third-order valence-electron chi connectivity index (χ3n) is 2.60. The molecule has 0 amide bonds. The van der Waals surface area contributed by atoms with Gasteiger partial charge in [0, 0.05) is 19.7 Å². The molecule has 0 aliphatic carbocycles. The molecule has 1 N–H and O–H groups in total. The lowest BCUT2D eigenvalue weighted by Gasteiger charge is -2.16. The number of hydrogen-bond acceptors (Lipinski definition) is 5. The van der Waals surface area contributed by atoms with Crippen molar-refractivity contribution in [3.63, 3.8) is 0 Å². The Bertz CT molecular complexity index is 452. The Balaban J connectivity index is 2.16. The normalized spacial score (nSPS) is 12.6. The maximum atomic E-state index is 4.28. The van der Waals surface area contributed by atoms with Crippen LogP contribution < -0.4 is 5.32 Å². The molecule has 1 unspecified atom stereocenters. The van der Waals surface area contributed by atoms with E-state index >= 15 is 0 Å². The number of likely N-dealkylation sites (N-methyl/N-ethyl adjacent to an activating group) is 1. The zero-order valence-corrected chi connectivity index (χ0v) is 10.0. The Morgan fingerprint density at radius 3 is 2.82 bits per heavy atom. The highest BCUT2D eigenvalue weighted by molar-refractivity contribution is 5.07. The van der Waals surface area contributed by atoms with Crippen LogP contribution in [0, 0.1) is 0 Å². The monoisotopic (exact) mass is 232 g/mol. The molecule has 6 nitrogen and oxygen atoms in total. The fourth-order valence-corrected chi connectivity index (χ4v) is 1.72. The third-order valence-corrected chi connectivity index (χ3v) is 2.60. The van der Waals surface area contributed by atoms with Crippen LogP contribution in [0.2, 0.25) is 0 Å². The van der Waals surface area contributed by atoms with Crippen molar-refractivity contribution in [1.29, 1.82) is 0 Å². The molecular weight excluding hydrogens is 216 g/mol. The molecule has 2 rings (SSSR count). The highest BCUT2D eigenvalue weighted by Gasteiger charge is 2.14.